The number of hydrogen-bond acceptors (Lipinski definition) is 0. The van der Waals surface area contributed by atoms with Crippen LogP contribution in [0, 0.1) is 46.6 Å². The molecule has 0 heterocycles. The van der Waals surface area contributed by atoms with Crippen LogP contribution in [0.1, 0.15) is 169 Å². The van der Waals surface area contributed by atoms with E-state index in [0.717, 1.165) is 33.4 Å². The van der Waals surface area contributed by atoms with Crippen molar-refractivity contribution in [3.8, 4) is 46.6 Å². The molecule has 0 amide bonds. The van der Waals surface area contributed by atoms with E-state index in [2.05, 4.69) is 232 Å². The smallest absolute Gasteiger partial charge is 0.125 e. The number of hydrogen-bond donors (Lipinski definition) is 0. The van der Waals surface area contributed by atoms with E-state index in [1.165, 1.54) is 11.1 Å². The van der Waals surface area contributed by atoms with Crippen LogP contribution in [0.5, 0.6) is 0 Å². The molecule has 0 spiro atoms. The maximum atomic E-state index is 3.95. The van der Waals surface area contributed by atoms with Crippen molar-refractivity contribution in [2.24, 2.45) is 0 Å². The number of rotatable bonds is 6. The van der Waals surface area contributed by atoms with E-state index < -0.39 is 16.1 Å². The lowest BCUT2D eigenvalue weighted by atomic mass is 9.85. The predicted molar refractivity (Wildman–Crippen MR) is 245 cm³/mol. The quantitative estimate of drug-likeness (QED) is 0.174. The van der Waals surface area contributed by atoms with E-state index in [0.29, 0.717) is 33.2 Å². The minimum atomic E-state index is -1.91. The zero-order valence-corrected chi connectivity index (χ0v) is 39.2. The highest BCUT2D eigenvalue weighted by molar-refractivity contribution is 6.91. The Balaban J connectivity index is 2.14. The van der Waals surface area contributed by atoms with Crippen LogP contribution in [0.3, 0.4) is 0 Å². The van der Waals surface area contributed by atoms with E-state index in [1.54, 1.807) is 0 Å². The average molecular weight is 751 g/mol. The van der Waals surface area contributed by atoms with Gasteiger partial charge in [-0.1, -0.05) is 178 Å². The molecule has 0 aromatic heterocycles. The molecule has 3 aromatic rings. The second-order valence-corrected chi connectivity index (χ2v) is 30.6. The van der Waals surface area contributed by atoms with Gasteiger partial charge in [-0.2, -0.15) is 0 Å². The van der Waals surface area contributed by atoms with Crippen molar-refractivity contribution >= 4 is 16.1 Å². The topological polar surface area (TPSA) is 0 Å². The number of benzene rings is 3. The molecule has 0 aliphatic carbocycles. The molecule has 2 heteroatoms. The van der Waals surface area contributed by atoms with Crippen molar-refractivity contribution in [3.63, 3.8) is 0 Å². The first-order valence-corrected chi connectivity index (χ1v) is 24.9. The van der Waals surface area contributed by atoms with E-state index in [-0.39, 0.29) is 10.8 Å². The van der Waals surface area contributed by atoms with Crippen molar-refractivity contribution in [3.05, 3.63) is 105 Å². The Kier molecular flexibility index (Phi) is 14.8. The highest BCUT2D eigenvalue weighted by atomic mass is 28.3. The molecule has 0 N–H and O–H groups in total. The molecule has 0 fully saturated rings. The molecule has 3 rings (SSSR count). The van der Waals surface area contributed by atoms with Gasteiger partial charge in [0.15, 0.2) is 0 Å². The maximum Gasteiger partial charge on any atom is 0.146 e. The summed E-state index contributed by atoms with van der Waals surface area (Å²) in [6.45, 7) is 42.0. The highest BCUT2D eigenvalue weighted by Gasteiger charge is 2.42. The van der Waals surface area contributed by atoms with Crippen molar-refractivity contribution in [1.29, 1.82) is 0 Å². The second kappa shape index (κ2) is 17.9. The summed E-state index contributed by atoms with van der Waals surface area (Å²) in [6, 6.07) is 21.6. The van der Waals surface area contributed by atoms with E-state index in [4.69, 9.17) is 0 Å². The summed E-state index contributed by atoms with van der Waals surface area (Å²) in [7, 11) is -3.81. The predicted octanol–water partition coefficient (Wildman–Crippen LogP) is 14.2. The Morgan fingerprint density at radius 1 is 0.370 bits per heavy atom. The zero-order valence-electron chi connectivity index (χ0n) is 37.2. The molecule has 0 saturated heterocycles. The second-order valence-electron chi connectivity index (χ2n) is 19.4. The van der Waals surface area contributed by atoms with Gasteiger partial charge in [0.1, 0.15) is 16.1 Å². The van der Waals surface area contributed by atoms with Crippen LogP contribution in [0.2, 0.25) is 33.2 Å². The molecular formula is C52H70Si2. The fourth-order valence-corrected chi connectivity index (χ4v) is 19.1. The molecule has 3 aromatic carbocycles. The van der Waals surface area contributed by atoms with Crippen molar-refractivity contribution in [2.45, 2.75) is 169 Å². The summed E-state index contributed by atoms with van der Waals surface area (Å²) < 4.78 is 0. The summed E-state index contributed by atoms with van der Waals surface area (Å²) >= 11 is 0. The average Bonchev–Trinajstić information content (AvgIpc) is 3.05. The first kappa shape index (κ1) is 44.7. The third-order valence-corrected chi connectivity index (χ3v) is 24.5. The van der Waals surface area contributed by atoms with E-state index >= 15 is 0 Å². The van der Waals surface area contributed by atoms with Crippen LogP contribution >= 0.6 is 0 Å². The highest BCUT2D eigenvalue weighted by Crippen LogP contribution is 2.42. The van der Waals surface area contributed by atoms with E-state index in [1.807, 2.05) is 0 Å². The monoisotopic (exact) mass is 751 g/mol. The van der Waals surface area contributed by atoms with Crippen LogP contribution in [-0.2, 0) is 10.8 Å². The van der Waals surface area contributed by atoms with Crippen molar-refractivity contribution in [2.75, 3.05) is 0 Å². The first-order valence-electron chi connectivity index (χ1n) is 20.5. The van der Waals surface area contributed by atoms with Gasteiger partial charge in [-0.3, -0.25) is 0 Å². The van der Waals surface area contributed by atoms with Gasteiger partial charge in [0, 0.05) is 33.4 Å². The lowest BCUT2D eigenvalue weighted by Crippen LogP contribution is -2.43. The van der Waals surface area contributed by atoms with Crippen molar-refractivity contribution in [1.82, 2.24) is 0 Å². The minimum Gasteiger partial charge on any atom is -0.125 e. The molecule has 286 valence electrons. The fourth-order valence-electron chi connectivity index (χ4n) is 8.62. The zero-order chi connectivity index (χ0) is 40.8. The van der Waals surface area contributed by atoms with Gasteiger partial charge < -0.3 is 0 Å². The molecule has 0 atom stereocenters. The van der Waals surface area contributed by atoms with Gasteiger partial charge in [0.05, 0.1) is 0 Å². The molecule has 0 saturated carbocycles. The van der Waals surface area contributed by atoms with Crippen LogP contribution in [0.15, 0.2) is 60.7 Å². The van der Waals surface area contributed by atoms with Crippen molar-refractivity contribution < 1.29 is 0 Å². The molecule has 54 heavy (non-hydrogen) atoms. The van der Waals surface area contributed by atoms with Crippen LogP contribution < -0.4 is 0 Å². The molecule has 0 aliphatic rings. The Bertz CT molecular complexity index is 1840. The lowest BCUT2D eigenvalue weighted by molar-refractivity contribution is 0.590. The van der Waals surface area contributed by atoms with Crippen LogP contribution in [-0.4, -0.2) is 16.1 Å². The summed E-state index contributed by atoms with van der Waals surface area (Å²) in [5.74, 6) is 21.5. The fraction of sp³-hybridized carbons (Fsp3) is 0.500. The lowest BCUT2D eigenvalue weighted by Gasteiger charge is -2.38. The Morgan fingerprint density at radius 3 is 0.963 bits per heavy atom. The molecule has 0 nitrogen and oxygen atoms in total. The molecule has 0 bridgehead atoms. The third kappa shape index (κ3) is 10.3. The van der Waals surface area contributed by atoms with Gasteiger partial charge >= 0.3 is 0 Å². The van der Waals surface area contributed by atoms with Gasteiger partial charge in [0.25, 0.3) is 0 Å². The summed E-state index contributed by atoms with van der Waals surface area (Å²) in [4.78, 5) is 0. The third-order valence-electron chi connectivity index (χ3n) is 11.9. The Hall–Kier alpha value is -3.67. The standard InChI is InChI=1S/C52H70Si2/c1-37(2)53(38(3)4,39(5)6)32-30-47-35-49(51(13,14)15)28-26-45(47)24-22-43-20-19-21-44(34-43)23-25-46-27-29-50(52(16,17)18)36-48(46)31-33-54(40(7)8,41(9)10)42(11)12/h19-21,26-29,34-42H,1-18H3. The summed E-state index contributed by atoms with van der Waals surface area (Å²) in [5.41, 5.74) is 19.9. The van der Waals surface area contributed by atoms with Gasteiger partial charge in [-0.15, -0.1) is 11.1 Å². The largest absolute Gasteiger partial charge is 0.146 e. The molecule has 0 aliphatic heterocycles. The van der Waals surface area contributed by atoms with Gasteiger partial charge in [-0.25, -0.2) is 0 Å². The molecule has 0 radical (unpaired) electrons. The normalized spacial score (nSPS) is 12.3. The SMILES string of the molecule is CC(C)[Si](C#Cc1cc(C(C)(C)C)ccc1C#Cc1cccc(C#Cc2ccc(C(C)(C)C)cc2C#C[Si](C(C)C)(C(C)C)C(C)C)c1)(C(C)C)C(C)C. The minimum absolute atomic E-state index is 0.0267. The molecular weight excluding hydrogens is 681 g/mol. The Morgan fingerprint density at radius 2 is 0.685 bits per heavy atom. The first-order chi connectivity index (χ1) is 25.0. The maximum absolute atomic E-state index is 3.95. The van der Waals surface area contributed by atoms with Gasteiger partial charge in [0.2, 0.25) is 0 Å². The summed E-state index contributed by atoms with van der Waals surface area (Å²) in [5, 5.41) is 0. The Labute approximate surface area is 335 Å². The van der Waals surface area contributed by atoms with Gasteiger partial charge in [-0.05, 0) is 97.7 Å². The van der Waals surface area contributed by atoms with Crippen LogP contribution in [0.25, 0.3) is 0 Å². The summed E-state index contributed by atoms with van der Waals surface area (Å²) in [6.07, 6.45) is 0. The van der Waals surface area contributed by atoms with Crippen LogP contribution in [0.4, 0.5) is 0 Å². The molecule has 0 unspecified atom stereocenters. The van der Waals surface area contributed by atoms with E-state index in [9.17, 15) is 0 Å².